The van der Waals surface area contributed by atoms with Crippen LogP contribution < -0.4 is 5.32 Å². The number of hydrogen-bond acceptors (Lipinski definition) is 3. The first-order valence-corrected chi connectivity index (χ1v) is 6.29. The zero-order valence-corrected chi connectivity index (χ0v) is 10.8. The number of aromatic nitrogens is 1. The summed E-state index contributed by atoms with van der Waals surface area (Å²) in [6, 6.07) is -0.375. The van der Waals surface area contributed by atoms with Gasteiger partial charge in [0.05, 0.1) is 16.1 Å². The lowest BCUT2D eigenvalue weighted by Gasteiger charge is -2.34. The largest absolute Gasteiger partial charge is 0.314 e. The van der Waals surface area contributed by atoms with Crippen LogP contribution in [-0.4, -0.2) is 42.7 Å². The minimum Gasteiger partial charge on any atom is -0.314 e. The zero-order valence-electron chi connectivity index (χ0n) is 9.30. The molecule has 2 rings (SSSR count). The summed E-state index contributed by atoms with van der Waals surface area (Å²) < 4.78 is 13.3. The monoisotopic (exact) mass is 277 g/mol. The van der Waals surface area contributed by atoms with Gasteiger partial charge in [0.2, 0.25) is 0 Å². The quantitative estimate of drug-likeness (QED) is 0.919. The van der Waals surface area contributed by atoms with Crippen molar-refractivity contribution in [2.75, 3.05) is 32.9 Å². The molecule has 2 heterocycles. The van der Waals surface area contributed by atoms with E-state index in [0.717, 1.165) is 26.2 Å². The van der Waals surface area contributed by atoms with E-state index in [1.165, 1.54) is 12.4 Å². The van der Waals surface area contributed by atoms with E-state index in [2.05, 4.69) is 15.2 Å². The van der Waals surface area contributed by atoms with Crippen LogP contribution in [0.1, 0.15) is 11.6 Å². The zero-order chi connectivity index (χ0) is 12.3. The average Bonchev–Trinajstić information content (AvgIpc) is 2.35. The van der Waals surface area contributed by atoms with Crippen molar-refractivity contribution in [2.24, 2.45) is 0 Å². The molecule has 17 heavy (non-hydrogen) atoms. The highest BCUT2D eigenvalue weighted by atomic mass is 35.5. The van der Waals surface area contributed by atoms with Crippen molar-refractivity contribution in [3.63, 3.8) is 0 Å². The number of rotatable bonds is 3. The first kappa shape index (κ1) is 13.0. The van der Waals surface area contributed by atoms with Crippen LogP contribution >= 0.6 is 23.2 Å². The van der Waals surface area contributed by atoms with Gasteiger partial charge in [0.25, 0.3) is 0 Å². The number of pyridine rings is 1. The Labute approximate surface area is 110 Å². The normalized spacial score (nSPS) is 19.2. The Morgan fingerprint density at radius 2 is 1.88 bits per heavy atom. The van der Waals surface area contributed by atoms with Crippen molar-refractivity contribution in [1.29, 1.82) is 0 Å². The minimum atomic E-state index is -0.497. The molecule has 6 heteroatoms. The van der Waals surface area contributed by atoms with Crippen LogP contribution in [0.2, 0.25) is 10.0 Å². The second-order valence-corrected chi connectivity index (χ2v) is 4.79. The molecule has 1 aliphatic rings. The molecule has 94 valence electrons. The van der Waals surface area contributed by atoms with Crippen LogP contribution in [0.3, 0.4) is 0 Å². The van der Waals surface area contributed by atoms with Gasteiger partial charge in [0, 0.05) is 44.1 Å². The second kappa shape index (κ2) is 5.96. The molecule has 0 unspecified atom stereocenters. The van der Waals surface area contributed by atoms with E-state index in [1.54, 1.807) is 0 Å². The van der Waals surface area contributed by atoms with Gasteiger partial charge in [-0.25, -0.2) is 4.39 Å². The lowest BCUT2D eigenvalue weighted by molar-refractivity contribution is 0.147. The number of piperazine rings is 1. The lowest BCUT2D eigenvalue weighted by Crippen LogP contribution is -2.45. The Hall–Kier alpha value is -0.420. The Bertz CT molecular complexity index is 363. The Morgan fingerprint density at radius 3 is 2.41 bits per heavy atom. The van der Waals surface area contributed by atoms with E-state index in [0.29, 0.717) is 15.6 Å². The molecule has 1 atom stereocenters. The summed E-state index contributed by atoms with van der Waals surface area (Å²) in [7, 11) is 0. The lowest BCUT2D eigenvalue weighted by atomic mass is 10.1. The maximum Gasteiger partial charge on any atom is 0.109 e. The molecule has 0 bridgehead atoms. The third-order valence-corrected chi connectivity index (χ3v) is 3.56. The standard InChI is InChI=1S/C11H14Cl2FN3/c12-8-6-16-7-9(13)11(8)10(5-14)17-3-1-15-2-4-17/h6-7,10,15H,1-5H2/t10-/m0/s1. The van der Waals surface area contributed by atoms with Crippen LogP contribution in [0.5, 0.6) is 0 Å². The molecule has 0 aromatic carbocycles. The molecular formula is C11H14Cl2FN3. The first-order valence-electron chi connectivity index (χ1n) is 5.53. The molecule has 1 N–H and O–H groups in total. The number of nitrogens with zero attached hydrogens (tertiary/aromatic N) is 2. The van der Waals surface area contributed by atoms with Crippen molar-refractivity contribution in [3.8, 4) is 0 Å². The smallest absolute Gasteiger partial charge is 0.109 e. The molecule has 0 saturated carbocycles. The third kappa shape index (κ3) is 2.88. The molecule has 0 amide bonds. The molecular weight excluding hydrogens is 264 g/mol. The Kier molecular flexibility index (Phi) is 4.56. The fourth-order valence-electron chi connectivity index (χ4n) is 2.09. The first-order chi connectivity index (χ1) is 8.24. The van der Waals surface area contributed by atoms with E-state index in [-0.39, 0.29) is 6.04 Å². The van der Waals surface area contributed by atoms with Gasteiger partial charge in [0.1, 0.15) is 6.67 Å². The predicted molar refractivity (Wildman–Crippen MR) is 67.4 cm³/mol. The van der Waals surface area contributed by atoms with Gasteiger partial charge in [-0.1, -0.05) is 23.2 Å². The summed E-state index contributed by atoms with van der Waals surface area (Å²) in [4.78, 5) is 5.95. The average molecular weight is 278 g/mol. The number of nitrogens with one attached hydrogen (secondary N) is 1. The van der Waals surface area contributed by atoms with Gasteiger partial charge in [0.15, 0.2) is 0 Å². The number of halogens is 3. The maximum atomic E-state index is 13.3. The highest BCUT2D eigenvalue weighted by molar-refractivity contribution is 6.35. The van der Waals surface area contributed by atoms with E-state index >= 15 is 0 Å². The van der Waals surface area contributed by atoms with Gasteiger partial charge in [-0.15, -0.1) is 0 Å². The molecule has 1 saturated heterocycles. The summed E-state index contributed by atoms with van der Waals surface area (Å²) in [5.74, 6) is 0. The summed E-state index contributed by atoms with van der Waals surface area (Å²) >= 11 is 12.1. The number of alkyl halides is 1. The summed E-state index contributed by atoms with van der Waals surface area (Å²) in [5, 5.41) is 4.09. The van der Waals surface area contributed by atoms with Gasteiger partial charge in [-0.2, -0.15) is 0 Å². The van der Waals surface area contributed by atoms with Crippen molar-refractivity contribution < 1.29 is 4.39 Å². The Balaban J connectivity index is 2.27. The van der Waals surface area contributed by atoms with Crippen molar-refractivity contribution in [1.82, 2.24) is 15.2 Å². The van der Waals surface area contributed by atoms with Gasteiger partial charge < -0.3 is 5.32 Å². The van der Waals surface area contributed by atoms with Gasteiger partial charge >= 0.3 is 0 Å². The van der Waals surface area contributed by atoms with E-state index < -0.39 is 6.67 Å². The number of hydrogen-bond donors (Lipinski definition) is 1. The molecule has 0 aliphatic carbocycles. The van der Waals surface area contributed by atoms with Crippen LogP contribution in [0.4, 0.5) is 4.39 Å². The van der Waals surface area contributed by atoms with Crippen molar-refractivity contribution in [3.05, 3.63) is 28.0 Å². The van der Waals surface area contributed by atoms with Gasteiger partial charge in [-0.3, -0.25) is 9.88 Å². The summed E-state index contributed by atoms with van der Waals surface area (Å²) in [5.41, 5.74) is 0.646. The van der Waals surface area contributed by atoms with Crippen molar-refractivity contribution in [2.45, 2.75) is 6.04 Å². The second-order valence-electron chi connectivity index (χ2n) is 3.97. The summed E-state index contributed by atoms with van der Waals surface area (Å²) in [6.07, 6.45) is 3.02. The van der Waals surface area contributed by atoms with Gasteiger partial charge in [-0.05, 0) is 0 Å². The van der Waals surface area contributed by atoms with Crippen LogP contribution in [-0.2, 0) is 0 Å². The molecule has 0 spiro atoms. The fraction of sp³-hybridized carbons (Fsp3) is 0.545. The molecule has 1 aromatic heterocycles. The van der Waals surface area contributed by atoms with E-state index in [4.69, 9.17) is 23.2 Å². The molecule has 1 fully saturated rings. The summed E-state index contributed by atoms with van der Waals surface area (Å²) in [6.45, 7) is 2.81. The molecule has 1 aromatic rings. The maximum absolute atomic E-state index is 13.3. The van der Waals surface area contributed by atoms with E-state index in [1.807, 2.05) is 0 Å². The van der Waals surface area contributed by atoms with E-state index in [9.17, 15) is 4.39 Å². The third-order valence-electron chi connectivity index (χ3n) is 2.96. The highest BCUT2D eigenvalue weighted by Gasteiger charge is 2.26. The minimum absolute atomic E-state index is 0.375. The van der Waals surface area contributed by atoms with Crippen molar-refractivity contribution >= 4 is 23.2 Å². The molecule has 0 radical (unpaired) electrons. The highest BCUT2D eigenvalue weighted by Crippen LogP contribution is 2.33. The molecule has 3 nitrogen and oxygen atoms in total. The topological polar surface area (TPSA) is 28.2 Å². The van der Waals surface area contributed by atoms with Crippen LogP contribution in [0.15, 0.2) is 12.4 Å². The molecule has 1 aliphatic heterocycles. The SMILES string of the molecule is FC[C@@H](c1c(Cl)cncc1Cl)N1CCNCC1. The predicted octanol–water partition coefficient (Wildman–Crippen LogP) is 2.30. The Morgan fingerprint density at radius 1 is 1.29 bits per heavy atom. The van der Waals surface area contributed by atoms with Crippen LogP contribution in [0.25, 0.3) is 0 Å². The fourth-order valence-corrected chi connectivity index (χ4v) is 2.71. The van der Waals surface area contributed by atoms with Crippen LogP contribution in [0, 0.1) is 0 Å².